The van der Waals surface area contributed by atoms with Gasteiger partial charge in [-0.05, 0) is 35.9 Å². The summed E-state index contributed by atoms with van der Waals surface area (Å²) in [5.41, 5.74) is 1.01. The van der Waals surface area contributed by atoms with Gasteiger partial charge < -0.3 is 14.8 Å². The number of amides is 1. The van der Waals surface area contributed by atoms with Crippen LogP contribution in [0.25, 0.3) is 0 Å². The van der Waals surface area contributed by atoms with Gasteiger partial charge in [-0.25, -0.2) is 4.39 Å². The van der Waals surface area contributed by atoms with Crippen LogP contribution < -0.4 is 14.8 Å². The lowest BCUT2D eigenvalue weighted by Gasteiger charge is -2.11. The second-order valence-corrected chi connectivity index (χ2v) is 4.97. The van der Waals surface area contributed by atoms with Gasteiger partial charge in [0.15, 0.2) is 11.6 Å². The zero-order chi connectivity index (χ0) is 16.1. The average molecular weight is 324 g/mol. The summed E-state index contributed by atoms with van der Waals surface area (Å²) in [5, 5.41) is 3.18. The summed E-state index contributed by atoms with van der Waals surface area (Å²) in [6.45, 7) is 0. The van der Waals surface area contributed by atoms with Crippen LogP contribution in [0, 0.1) is 5.82 Å². The minimum absolute atomic E-state index is 0.0244. The summed E-state index contributed by atoms with van der Waals surface area (Å²) >= 11 is 5.90. The molecule has 0 aliphatic rings. The third-order valence-corrected chi connectivity index (χ3v) is 3.25. The van der Waals surface area contributed by atoms with E-state index >= 15 is 0 Å². The van der Waals surface area contributed by atoms with E-state index in [1.807, 2.05) is 0 Å². The Morgan fingerprint density at radius 2 is 1.82 bits per heavy atom. The highest BCUT2D eigenvalue weighted by molar-refractivity contribution is 6.31. The van der Waals surface area contributed by atoms with E-state index < -0.39 is 5.82 Å². The van der Waals surface area contributed by atoms with Gasteiger partial charge in [-0.1, -0.05) is 17.7 Å². The molecule has 2 rings (SSSR count). The summed E-state index contributed by atoms with van der Waals surface area (Å²) < 4.78 is 23.6. The van der Waals surface area contributed by atoms with Crippen LogP contribution in [0.15, 0.2) is 36.4 Å². The van der Waals surface area contributed by atoms with Crippen LogP contribution in [0.2, 0.25) is 5.02 Å². The van der Waals surface area contributed by atoms with Crippen molar-refractivity contribution in [3.8, 4) is 11.5 Å². The lowest BCUT2D eigenvalue weighted by Crippen LogP contribution is -2.15. The lowest BCUT2D eigenvalue weighted by molar-refractivity contribution is -0.115. The molecule has 116 valence electrons. The van der Waals surface area contributed by atoms with Crippen LogP contribution in [-0.4, -0.2) is 20.1 Å². The molecule has 0 atom stereocenters. The molecule has 0 unspecified atom stereocenters. The van der Waals surface area contributed by atoms with Gasteiger partial charge >= 0.3 is 0 Å². The molecule has 1 amide bonds. The van der Waals surface area contributed by atoms with E-state index in [4.69, 9.17) is 21.1 Å². The fourth-order valence-electron chi connectivity index (χ4n) is 1.98. The number of carbonyl (C=O) groups is 1. The Kier molecular flexibility index (Phi) is 5.22. The largest absolute Gasteiger partial charge is 0.495 e. The monoisotopic (exact) mass is 323 g/mol. The molecule has 22 heavy (non-hydrogen) atoms. The van der Waals surface area contributed by atoms with Crippen LogP contribution in [0.3, 0.4) is 0 Å². The zero-order valence-electron chi connectivity index (χ0n) is 12.2. The molecule has 0 aliphatic carbocycles. The molecule has 6 heteroatoms. The van der Waals surface area contributed by atoms with Crippen molar-refractivity contribution in [2.45, 2.75) is 6.42 Å². The molecule has 0 saturated heterocycles. The number of methoxy groups -OCH3 is 2. The normalized spacial score (nSPS) is 10.2. The Morgan fingerprint density at radius 1 is 1.14 bits per heavy atom. The summed E-state index contributed by atoms with van der Waals surface area (Å²) in [7, 11) is 2.88. The van der Waals surface area contributed by atoms with Crippen LogP contribution in [0.4, 0.5) is 10.1 Å². The quantitative estimate of drug-likeness (QED) is 0.913. The third kappa shape index (κ3) is 3.89. The van der Waals surface area contributed by atoms with Gasteiger partial charge in [-0.2, -0.15) is 0 Å². The molecule has 4 nitrogen and oxygen atoms in total. The molecule has 0 saturated carbocycles. The minimum Gasteiger partial charge on any atom is -0.495 e. The van der Waals surface area contributed by atoms with Gasteiger partial charge in [-0.15, -0.1) is 0 Å². The van der Waals surface area contributed by atoms with E-state index in [1.165, 1.54) is 26.4 Å². The van der Waals surface area contributed by atoms with E-state index in [0.29, 0.717) is 22.0 Å². The number of rotatable bonds is 5. The number of anilines is 1. The van der Waals surface area contributed by atoms with Crippen molar-refractivity contribution in [3.05, 3.63) is 52.8 Å². The molecule has 2 aromatic carbocycles. The van der Waals surface area contributed by atoms with Crippen molar-refractivity contribution in [2.24, 2.45) is 0 Å². The molecule has 0 heterocycles. The van der Waals surface area contributed by atoms with Gasteiger partial charge in [-0.3, -0.25) is 4.79 Å². The highest BCUT2D eigenvalue weighted by Crippen LogP contribution is 2.28. The van der Waals surface area contributed by atoms with Gasteiger partial charge in [0.25, 0.3) is 0 Å². The third-order valence-electron chi connectivity index (χ3n) is 3.02. The first-order chi connectivity index (χ1) is 10.5. The highest BCUT2D eigenvalue weighted by atomic mass is 35.5. The van der Waals surface area contributed by atoms with Crippen LogP contribution in [0.5, 0.6) is 11.5 Å². The number of nitrogens with one attached hydrogen (secondary N) is 1. The van der Waals surface area contributed by atoms with Gasteiger partial charge in [0.1, 0.15) is 5.75 Å². The van der Waals surface area contributed by atoms with Crippen LogP contribution in [0.1, 0.15) is 5.56 Å². The van der Waals surface area contributed by atoms with Gasteiger partial charge in [0, 0.05) is 5.02 Å². The number of carbonyl (C=O) groups excluding carboxylic acids is 1. The number of ether oxygens (including phenoxy) is 2. The number of halogens is 2. The van der Waals surface area contributed by atoms with E-state index in [9.17, 15) is 9.18 Å². The van der Waals surface area contributed by atoms with Crippen molar-refractivity contribution < 1.29 is 18.7 Å². The zero-order valence-corrected chi connectivity index (χ0v) is 12.9. The van der Waals surface area contributed by atoms with Gasteiger partial charge in [0.2, 0.25) is 5.91 Å². The maximum absolute atomic E-state index is 13.6. The molecule has 0 radical (unpaired) electrons. The standard InChI is InChI=1S/C16H15ClFNO3/c1-21-14-5-3-10(7-12(14)18)8-16(20)19-13-9-11(17)4-6-15(13)22-2/h3-7,9H,8H2,1-2H3,(H,19,20). The predicted octanol–water partition coefficient (Wildman–Crippen LogP) is 3.68. The van der Waals surface area contributed by atoms with Crippen molar-refractivity contribution in [1.29, 1.82) is 0 Å². The minimum atomic E-state index is -0.506. The van der Waals surface area contributed by atoms with Crippen LogP contribution in [-0.2, 0) is 11.2 Å². The Bertz CT molecular complexity index is 691. The van der Waals surface area contributed by atoms with E-state index in [2.05, 4.69) is 5.32 Å². The van der Waals surface area contributed by atoms with E-state index in [-0.39, 0.29) is 18.1 Å². The Hall–Kier alpha value is -2.27. The number of hydrogen-bond acceptors (Lipinski definition) is 3. The maximum Gasteiger partial charge on any atom is 0.228 e. The molecule has 0 aromatic heterocycles. The van der Waals surface area contributed by atoms with E-state index in [0.717, 1.165) is 0 Å². The lowest BCUT2D eigenvalue weighted by atomic mass is 10.1. The SMILES string of the molecule is COc1ccc(CC(=O)Nc2cc(Cl)ccc2OC)cc1F. The van der Waals surface area contributed by atoms with Crippen molar-refractivity contribution in [1.82, 2.24) is 0 Å². The summed E-state index contributed by atoms with van der Waals surface area (Å²) in [6, 6.07) is 9.30. The summed E-state index contributed by atoms with van der Waals surface area (Å²) in [5.74, 6) is -0.169. The summed E-state index contributed by atoms with van der Waals surface area (Å²) in [6.07, 6.45) is 0.0244. The second kappa shape index (κ2) is 7.13. The molecule has 1 N–H and O–H groups in total. The molecule has 0 spiro atoms. The van der Waals surface area contributed by atoms with Crippen molar-refractivity contribution >= 4 is 23.2 Å². The Labute approximate surface area is 132 Å². The molecule has 0 bridgehead atoms. The molecular formula is C16H15ClFNO3. The fraction of sp³-hybridized carbons (Fsp3) is 0.188. The van der Waals surface area contributed by atoms with E-state index in [1.54, 1.807) is 24.3 Å². The topological polar surface area (TPSA) is 47.6 Å². The highest BCUT2D eigenvalue weighted by Gasteiger charge is 2.11. The first-order valence-electron chi connectivity index (χ1n) is 6.49. The first-order valence-corrected chi connectivity index (χ1v) is 6.87. The molecule has 0 aliphatic heterocycles. The number of benzene rings is 2. The number of hydrogen-bond donors (Lipinski definition) is 1. The first kappa shape index (κ1) is 16.1. The fourth-order valence-corrected chi connectivity index (χ4v) is 2.15. The average Bonchev–Trinajstić information content (AvgIpc) is 2.47. The second-order valence-electron chi connectivity index (χ2n) is 4.54. The van der Waals surface area contributed by atoms with Crippen molar-refractivity contribution in [2.75, 3.05) is 19.5 Å². The summed E-state index contributed by atoms with van der Waals surface area (Å²) in [4.78, 5) is 12.1. The van der Waals surface area contributed by atoms with Gasteiger partial charge in [0.05, 0.1) is 26.3 Å². The molecule has 0 fully saturated rings. The maximum atomic E-state index is 13.6. The molecular weight excluding hydrogens is 309 g/mol. The predicted molar refractivity (Wildman–Crippen MR) is 83.3 cm³/mol. The molecule has 2 aromatic rings. The Balaban J connectivity index is 2.10. The smallest absolute Gasteiger partial charge is 0.228 e. The van der Waals surface area contributed by atoms with Crippen molar-refractivity contribution in [3.63, 3.8) is 0 Å². The van der Waals surface area contributed by atoms with Crippen LogP contribution >= 0.6 is 11.6 Å². The Morgan fingerprint density at radius 3 is 2.45 bits per heavy atom.